The van der Waals surface area contributed by atoms with Crippen LogP contribution in [0.5, 0.6) is 11.5 Å². The van der Waals surface area contributed by atoms with Crippen LogP contribution in [0, 0.1) is 17.6 Å². The first-order chi connectivity index (χ1) is 17.4. The Bertz CT molecular complexity index is 1270. The topological polar surface area (TPSA) is 95.5 Å². The van der Waals surface area contributed by atoms with Crippen LogP contribution < -0.4 is 14.8 Å². The average Bonchev–Trinajstić information content (AvgIpc) is 2.89. The van der Waals surface area contributed by atoms with Gasteiger partial charge in [0.15, 0.2) is 28.9 Å². The second-order valence-corrected chi connectivity index (χ2v) is 8.47. The zero-order valence-corrected chi connectivity index (χ0v) is 20.4. The molecular formula is C26H28F2N4O4. The number of pyridine rings is 1. The quantitative estimate of drug-likeness (QED) is 0.431. The number of benzene rings is 1. The Morgan fingerprint density at radius 3 is 2.58 bits per heavy atom. The number of nitrogens with one attached hydrogen (secondary N) is 1. The van der Waals surface area contributed by atoms with Crippen LogP contribution in [0.3, 0.4) is 0 Å². The number of anilines is 1. The van der Waals surface area contributed by atoms with E-state index in [4.69, 9.17) is 14.2 Å². The Kier molecular flexibility index (Phi) is 7.73. The minimum atomic E-state index is -0.874. The van der Waals surface area contributed by atoms with Crippen molar-refractivity contribution in [3.63, 3.8) is 0 Å². The molecule has 8 nitrogen and oxygen atoms in total. The van der Waals surface area contributed by atoms with E-state index in [-0.39, 0.29) is 40.5 Å². The molecule has 1 aliphatic heterocycles. The van der Waals surface area contributed by atoms with E-state index in [9.17, 15) is 4.79 Å². The lowest BCUT2D eigenvalue weighted by Gasteiger charge is -2.31. The smallest absolute Gasteiger partial charge is 0.223 e. The van der Waals surface area contributed by atoms with Gasteiger partial charge in [0.2, 0.25) is 5.95 Å². The van der Waals surface area contributed by atoms with Crippen LogP contribution in [0.25, 0.3) is 22.2 Å². The maximum atomic E-state index is 15.1. The summed E-state index contributed by atoms with van der Waals surface area (Å²) in [6.45, 7) is 6.44. The Hall–Kier alpha value is -3.66. The highest BCUT2D eigenvalue weighted by molar-refractivity contribution is 5.89. The molecule has 3 heterocycles. The number of aryl methyl sites for hydroxylation is 1. The van der Waals surface area contributed by atoms with E-state index in [1.54, 1.807) is 6.20 Å². The van der Waals surface area contributed by atoms with Gasteiger partial charge in [-0.2, -0.15) is 0 Å². The molecule has 0 spiro atoms. The summed E-state index contributed by atoms with van der Waals surface area (Å²) in [6, 6.07) is 2.54. The minimum absolute atomic E-state index is 0.0215. The third kappa shape index (κ3) is 4.99. The Morgan fingerprint density at radius 1 is 1.22 bits per heavy atom. The van der Waals surface area contributed by atoms with Crippen molar-refractivity contribution < 1.29 is 27.8 Å². The number of allylic oxidation sites excluding steroid dienone is 1. The summed E-state index contributed by atoms with van der Waals surface area (Å²) in [5, 5.41) is 3.85. The predicted molar refractivity (Wildman–Crippen MR) is 131 cm³/mol. The largest absolute Gasteiger partial charge is 0.494 e. The SMILES string of the molecule is C=CC(=O)C[C@H]1CCOC[C@H]1Nc1ncc2cc(-c3c(F)c(OC)cc(OC)c3F)nc(CC)c2n1. The van der Waals surface area contributed by atoms with Gasteiger partial charge in [0.1, 0.15) is 0 Å². The van der Waals surface area contributed by atoms with Gasteiger partial charge >= 0.3 is 0 Å². The maximum Gasteiger partial charge on any atom is 0.223 e. The molecule has 0 bridgehead atoms. The molecule has 1 aromatic carbocycles. The summed E-state index contributed by atoms with van der Waals surface area (Å²) in [5.41, 5.74) is 0.843. The van der Waals surface area contributed by atoms with Gasteiger partial charge in [-0.3, -0.25) is 9.78 Å². The molecule has 3 aromatic rings. The van der Waals surface area contributed by atoms with Crippen LogP contribution in [0.2, 0.25) is 0 Å². The number of methoxy groups -OCH3 is 2. The van der Waals surface area contributed by atoms with Gasteiger partial charge in [0.25, 0.3) is 0 Å². The third-order valence-corrected chi connectivity index (χ3v) is 6.31. The number of aromatic nitrogens is 3. The fourth-order valence-electron chi connectivity index (χ4n) is 4.35. The molecule has 10 heteroatoms. The van der Waals surface area contributed by atoms with E-state index < -0.39 is 11.6 Å². The fraction of sp³-hybridized carbons (Fsp3) is 0.385. The van der Waals surface area contributed by atoms with E-state index in [0.717, 1.165) is 12.5 Å². The highest BCUT2D eigenvalue weighted by atomic mass is 19.1. The lowest BCUT2D eigenvalue weighted by molar-refractivity contribution is -0.116. The second kappa shape index (κ2) is 10.9. The van der Waals surface area contributed by atoms with E-state index >= 15 is 8.78 Å². The van der Waals surface area contributed by atoms with Crippen molar-refractivity contribution in [2.24, 2.45) is 5.92 Å². The molecule has 4 rings (SSSR count). The lowest BCUT2D eigenvalue weighted by atomic mass is 9.90. The van der Waals surface area contributed by atoms with Gasteiger partial charge in [-0.1, -0.05) is 13.5 Å². The van der Waals surface area contributed by atoms with Crippen molar-refractivity contribution in [2.75, 3.05) is 32.8 Å². The van der Waals surface area contributed by atoms with Gasteiger partial charge in [-0.05, 0) is 30.9 Å². The van der Waals surface area contributed by atoms with E-state index in [2.05, 4.69) is 26.8 Å². The zero-order chi connectivity index (χ0) is 25.8. The summed E-state index contributed by atoms with van der Waals surface area (Å²) in [5.74, 6) is -1.66. The fourth-order valence-corrected chi connectivity index (χ4v) is 4.35. The summed E-state index contributed by atoms with van der Waals surface area (Å²) in [7, 11) is 2.59. The highest BCUT2D eigenvalue weighted by Gasteiger charge is 2.28. The number of ketones is 1. The maximum absolute atomic E-state index is 15.1. The van der Waals surface area contributed by atoms with Crippen molar-refractivity contribution in [2.45, 2.75) is 32.2 Å². The predicted octanol–water partition coefficient (Wildman–Crippen LogP) is 4.51. The molecule has 2 atom stereocenters. The summed E-state index contributed by atoms with van der Waals surface area (Å²) in [6.07, 6.45) is 4.48. The van der Waals surface area contributed by atoms with Crippen LogP contribution in [0.1, 0.15) is 25.5 Å². The molecule has 2 aromatic heterocycles. The molecule has 1 aliphatic rings. The molecule has 1 fully saturated rings. The van der Waals surface area contributed by atoms with Crippen LogP contribution in [0.4, 0.5) is 14.7 Å². The molecule has 0 aliphatic carbocycles. The number of nitrogens with zero attached hydrogens (tertiary/aromatic N) is 3. The summed E-state index contributed by atoms with van der Waals surface area (Å²) < 4.78 is 45.9. The van der Waals surface area contributed by atoms with Crippen molar-refractivity contribution in [3.8, 4) is 22.8 Å². The second-order valence-electron chi connectivity index (χ2n) is 8.47. The molecule has 0 radical (unpaired) electrons. The molecule has 1 saturated heterocycles. The van der Waals surface area contributed by atoms with Gasteiger partial charge in [0.05, 0.1) is 49.3 Å². The van der Waals surface area contributed by atoms with Gasteiger partial charge in [-0.25, -0.2) is 18.7 Å². The minimum Gasteiger partial charge on any atom is -0.494 e. The standard InChI is InChI=1S/C26H28F2N4O4/c1-5-16(33)9-14-7-8-36-13-19(14)31-26-29-12-15-10-18(30-17(6-2)25(15)32-26)22-23(27)20(34-3)11-21(35-4)24(22)28/h5,10-12,14,19H,1,6-9,13H2,2-4H3,(H,29,31,32)/t14-,19-/m1/s1. The van der Waals surface area contributed by atoms with Crippen molar-refractivity contribution >= 4 is 22.6 Å². The van der Waals surface area contributed by atoms with E-state index in [1.807, 2.05) is 6.92 Å². The number of hydrogen-bond acceptors (Lipinski definition) is 8. The van der Waals surface area contributed by atoms with Gasteiger partial charge < -0.3 is 19.5 Å². The lowest BCUT2D eigenvalue weighted by Crippen LogP contribution is -2.40. The summed E-state index contributed by atoms with van der Waals surface area (Å²) in [4.78, 5) is 25.5. The first kappa shape index (κ1) is 25.4. The Balaban J connectivity index is 1.72. The monoisotopic (exact) mass is 498 g/mol. The molecule has 190 valence electrons. The molecule has 36 heavy (non-hydrogen) atoms. The normalized spacial score (nSPS) is 17.6. The van der Waals surface area contributed by atoms with Crippen molar-refractivity contribution in [1.82, 2.24) is 15.0 Å². The average molecular weight is 499 g/mol. The van der Waals surface area contributed by atoms with E-state index in [0.29, 0.717) is 48.6 Å². The van der Waals surface area contributed by atoms with Gasteiger partial charge in [0, 0.05) is 30.7 Å². The first-order valence-corrected chi connectivity index (χ1v) is 11.7. The van der Waals surface area contributed by atoms with Crippen LogP contribution in [-0.4, -0.2) is 54.2 Å². The molecule has 0 saturated carbocycles. The Labute approximate surface area is 207 Å². The van der Waals surface area contributed by atoms with Gasteiger partial charge in [-0.15, -0.1) is 0 Å². The number of ether oxygens (including phenoxy) is 3. The number of rotatable bonds is 9. The number of carbonyl (C=O) groups excluding carboxylic acids is 1. The Morgan fingerprint density at radius 2 is 1.94 bits per heavy atom. The van der Waals surface area contributed by atoms with Crippen LogP contribution in [-0.2, 0) is 16.0 Å². The van der Waals surface area contributed by atoms with Crippen LogP contribution >= 0.6 is 0 Å². The summed E-state index contributed by atoms with van der Waals surface area (Å²) >= 11 is 0. The van der Waals surface area contributed by atoms with E-state index in [1.165, 1.54) is 26.4 Å². The molecular weight excluding hydrogens is 470 g/mol. The number of hydrogen-bond donors (Lipinski definition) is 1. The number of fused-ring (bicyclic) bond motifs is 1. The zero-order valence-electron chi connectivity index (χ0n) is 20.4. The van der Waals surface area contributed by atoms with Crippen LogP contribution in [0.15, 0.2) is 31.0 Å². The molecule has 0 unspecified atom stereocenters. The molecule has 1 N–H and O–H groups in total. The number of halogens is 2. The third-order valence-electron chi connectivity index (χ3n) is 6.31. The number of carbonyl (C=O) groups is 1. The first-order valence-electron chi connectivity index (χ1n) is 11.7. The highest BCUT2D eigenvalue weighted by Crippen LogP contribution is 2.38. The van der Waals surface area contributed by atoms with Crippen molar-refractivity contribution in [1.29, 1.82) is 0 Å². The van der Waals surface area contributed by atoms with Crippen molar-refractivity contribution in [3.05, 3.63) is 48.3 Å². The molecule has 0 amide bonds.